The summed E-state index contributed by atoms with van der Waals surface area (Å²) in [5.74, 6) is -0.981. The van der Waals surface area contributed by atoms with Crippen LogP contribution in [0.4, 0.5) is 32.0 Å². The number of hydrogen-bond donors (Lipinski definition) is 1. The number of anilines is 1. The summed E-state index contributed by atoms with van der Waals surface area (Å²) in [6.45, 7) is 2.12. The zero-order valence-electron chi connectivity index (χ0n) is 16.0. The topological polar surface area (TPSA) is 45.2 Å². The van der Waals surface area contributed by atoms with E-state index >= 15 is 0 Å². The van der Waals surface area contributed by atoms with Gasteiger partial charge in [-0.25, -0.2) is 0 Å². The quantitative estimate of drug-likeness (QED) is 0.627. The Kier molecular flexibility index (Phi) is 5.11. The summed E-state index contributed by atoms with van der Waals surface area (Å²) in [5.41, 5.74) is -1.82. The van der Waals surface area contributed by atoms with Crippen LogP contribution in [0.5, 0.6) is 0 Å². The molecule has 0 aliphatic carbocycles. The minimum Gasteiger partial charge on any atom is -0.358 e. The lowest BCUT2D eigenvalue weighted by Crippen LogP contribution is -2.38. The van der Waals surface area contributed by atoms with Crippen molar-refractivity contribution < 1.29 is 31.1 Å². The Morgan fingerprint density at radius 2 is 1.68 bits per heavy atom. The van der Waals surface area contributed by atoms with E-state index in [4.69, 9.17) is 11.6 Å². The average Bonchev–Trinajstić information content (AvgIpc) is 3.23. The minimum atomic E-state index is -4.96. The van der Waals surface area contributed by atoms with Gasteiger partial charge in [-0.05, 0) is 43.2 Å². The SMILES string of the molecule is Cc1cc(N2CC[C@@H]3C2C(=O)N[C@@H]3c2cc(C(F)(F)F)cc(C(F)(F)F)c2)c(Cl)cn1. The molecule has 4 nitrogen and oxygen atoms in total. The number of carbonyl (C=O) groups excluding carboxylic acids is 1. The van der Waals surface area contributed by atoms with Crippen molar-refractivity contribution in [2.45, 2.75) is 37.8 Å². The van der Waals surface area contributed by atoms with E-state index in [9.17, 15) is 31.1 Å². The number of pyridine rings is 1. The van der Waals surface area contributed by atoms with E-state index in [0.717, 1.165) is 0 Å². The number of amides is 1. The number of carbonyl (C=O) groups is 1. The first kappa shape index (κ1) is 21.7. The van der Waals surface area contributed by atoms with Gasteiger partial charge in [0.1, 0.15) is 6.04 Å². The number of rotatable bonds is 2. The van der Waals surface area contributed by atoms with Gasteiger partial charge in [0.2, 0.25) is 5.91 Å². The molecule has 2 saturated heterocycles. The van der Waals surface area contributed by atoms with Crippen molar-refractivity contribution in [3.63, 3.8) is 0 Å². The lowest BCUT2D eigenvalue weighted by atomic mass is 9.89. The summed E-state index contributed by atoms with van der Waals surface area (Å²) in [5, 5.41) is 2.90. The van der Waals surface area contributed by atoms with Crippen molar-refractivity contribution in [3.8, 4) is 0 Å². The van der Waals surface area contributed by atoms with Gasteiger partial charge in [0.15, 0.2) is 0 Å². The Hall–Kier alpha value is -2.49. The normalized spacial score (nSPS) is 23.8. The van der Waals surface area contributed by atoms with Crippen LogP contribution in [0, 0.1) is 12.8 Å². The van der Waals surface area contributed by atoms with Gasteiger partial charge in [-0.3, -0.25) is 9.78 Å². The lowest BCUT2D eigenvalue weighted by molar-refractivity contribution is -0.143. The van der Waals surface area contributed by atoms with Crippen LogP contribution in [-0.2, 0) is 17.1 Å². The third-order valence-electron chi connectivity index (χ3n) is 5.69. The van der Waals surface area contributed by atoms with Crippen molar-refractivity contribution in [3.05, 3.63) is 57.9 Å². The summed E-state index contributed by atoms with van der Waals surface area (Å²) in [7, 11) is 0. The number of nitrogens with one attached hydrogen (secondary N) is 1. The molecular formula is C20H16ClF6N3O. The molecule has 4 rings (SSSR count). The highest BCUT2D eigenvalue weighted by Crippen LogP contribution is 2.45. The van der Waals surface area contributed by atoms with E-state index < -0.39 is 47.4 Å². The van der Waals surface area contributed by atoms with Gasteiger partial charge in [0, 0.05) is 24.4 Å². The number of alkyl halides is 6. The third-order valence-corrected chi connectivity index (χ3v) is 5.98. The van der Waals surface area contributed by atoms with Crippen LogP contribution in [0.3, 0.4) is 0 Å². The highest BCUT2D eigenvalue weighted by atomic mass is 35.5. The molecule has 2 fully saturated rings. The number of nitrogens with zero attached hydrogens (tertiary/aromatic N) is 2. The monoisotopic (exact) mass is 463 g/mol. The van der Waals surface area contributed by atoms with Crippen LogP contribution in [0.15, 0.2) is 30.5 Å². The molecule has 166 valence electrons. The minimum absolute atomic E-state index is 0.0816. The molecule has 1 aromatic carbocycles. The van der Waals surface area contributed by atoms with Crippen LogP contribution >= 0.6 is 11.6 Å². The molecule has 0 radical (unpaired) electrons. The van der Waals surface area contributed by atoms with E-state index in [1.54, 1.807) is 17.9 Å². The molecule has 0 saturated carbocycles. The largest absolute Gasteiger partial charge is 0.416 e. The van der Waals surface area contributed by atoms with E-state index in [0.29, 0.717) is 41.5 Å². The number of fused-ring (bicyclic) bond motifs is 1. The summed E-state index contributed by atoms with van der Waals surface area (Å²) in [6, 6.07) is 1.39. The smallest absolute Gasteiger partial charge is 0.358 e. The highest BCUT2D eigenvalue weighted by molar-refractivity contribution is 6.33. The Balaban J connectivity index is 1.73. The predicted octanol–water partition coefficient (Wildman–Crippen LogP) is 5.15. The van der Waals surface area contributed by atoms with Gasteiger partial charge in [-0.1, -0.05) is 11.6 Å². The van der Waals surface area contributed by atoms with Gasteiger partial charge in [0.05, 0.1) is 27.9 Å². The van der Waals surface area contributed by atoms with Crippen LogP contribution in [0.2, 0.25) is 5.02 Å². The fourth-order valence-corrected chi connectivity index (χ4v) is 4.57. The Labute approximate surface area is 178 Å². The Bertz CT molecular complexity index is 1010. The Morgan fingerprint density at radius 1 is 1.06 bits per heavy atom. The van der Waals surface area contributed by atoms with Crippen molar-refractivity contribution in [1.29, 1.82) is 0 Å². The molecule has 1 aromatic heterocycles. The molecule has 2 aliphatic heterocycles. The molecule has 11 heteroatoms. The standard InChI is InChI=1S/C20H16ClF6N3O/c1-9-4-15(14(21)8-28-9)30-3-2-13-16(29-18(31)17(13)30)10-5-11(19(22,23)24)7-12(6-10)20(25,26)27/h4-8,13,16-17H,2-3H2,1H3,(H,29,31)/t13-,16+,17?/m0/s1. The number of benzene rings is 1. The zero-order valence-corrected chi connectivity index (χ0v) is 16.7. The first-order chi connectivity index (χ1) is 14.4. The van der Waals surface area contributed by atoms with Gasteiger partial charge in [0.25, 0.3) is 0 Å². The average molecular weight is 464 g/mol. The highest BCUT2D eigenvalue weighted by Gasteiger charge is 2.51. The number of halogens is 7. The van der Waals surface area contributed by atoms with Crippen molar-refractivity contribution in [2.24, 2.45) is 5.92 Å². The second-order valence-corrected chi connectivity index (χ2v) is 8.10. The number of aryl methyl sites for hydroxylation is 1. The van der Waals surface area contributed by atoms with E-state index in [-0.39, 0.29) is 11.6 Å². The van der Waals surface area contributed by atoms with Crippen LogP contribution in [0.1, 0.15) is 34.8 Å². The Morgan fingerprint density at radius 3 is 2.26 bits per heavy atom. The molecule has 1 unspecified atom stereocenters. The fourth-order valence-electron chi connectivity index (χ4n) is 4.36. The van der Waals surface area contributed by atoms with E-state index in [2.05, 4.69) is 10.3 Å². The van der Waals surface area contributed by atoms with Crippen LogP contribution in [0.25, 0.3) is 0 Å². The van der Waals surface area contributed by atoms with Crippen molar-refractivity contribution in [2.75, 3.05) is 11.4 Å². The fraction of sp³-hybridized carbons (Fsp3) is 0.400. The maximum atomic E-state index is 13.2. The predicted molar refractivity (Wildman–Crippen MR) is 101 cm³/mol. The van der Waals surface area contributed by atoms with Crippen LogP contribution < -0.4 is 10.2 Å². The van der Waals surface area contributed by atoms with E-state index in [1.165, 1.54) is 6.20 Å². The first-order valence-electron chi connectivity index (χ1n) is 9.35. The summed E-state index contributed by atoms with van der Waals surface area (Å²) in [4.78, 5) is 18.5. The first-order valence-corrected chi connectivity index (χ1v) is 9.72. The second kappa shape index (κ2) is 7.29. The summed E-state index contributed by atoms with van der Waals surface area (Å²) >= 11 is 6.22. The summed E-state index contributed by atoms with van der Waals surface area (Å²) < 4.78 is 79.5. The lowest BCUT2D eigenvalue weighted by Gasteiger charge is -2.25. The number of hydrogen-bond acceptors (Lipinski definition) is 3. The van der Waals surface area contributed by atoms with Gasteiger partial charge in [-0.15, -0.1) is 0 Å². The van der Waals surface area contributed by atoms with Crippen molar-refractivity contribution >= 4 is 23.2 Å². The third kappa shape index (κ3) is 3.93. The molecule has 1 amide bonds. The maximum absolute atomic E-state index is 13.2. The van der Waals surface area contributed by atoms with E-state index in [1.807, 2.05) is 0 Å². The van der Waals surface area contributed by atoms with Gasteiger partial charge < -0.3 is 10.2 Å². The molecule has 0 bridgehead atoms. The number of aromatic nitrogens is 1. The van der Waals surface area contributed by atoms with Crippen molar-refractivity contribution in [1.82, 2.24) is 10.3 Å². The van der Waals surface area contributed by atoms with Crippen LogP contribution in [-0.4, -0.2) is 23.5 Å². The maximum Gasteiger partial charge on any atom is 0.416 e. The molecule has 0 spiro atoms. The zero-order chi connectivity index (χ0) is 22.7. The molecule has 3 heterocycles. The molecule has 3 atom stereocenters. The molecule has 1 N–H and O–H groups in total. The second-order valence-electron chi connectivity index (χ2n) is 7.69. The summed E-state index contributed by atoms with van der Waals surface area (Å²) in [6.07, 6.45) is -8.08. The molecule has 31 heavy (non-hydrogen) atoms. The van der Waals surface area contributed by atoms with Gasteiger partial charge >= 0.3 is 12.4 Å². The van der Waals surface area contributed by atoms with Gasteiger partial charge in [-0.2, -0.15) is 26.3 Å². The molecular weight excluding hydrogens is 448 g/mol. The molecule has 2 aliphatic rings. The molecule has 2 aromatic rings.